The van der Waals surface area contributed by atoms with Gasteiger partial charge in [-0.3, -0.25) is 14.4 Å². The maximum absolute atomic E-state index is 13.6. The molecule has 0 spiro atoms. The summed E-state index contributed by atoms with van der Waals surface area (Å²) in [6.07, 6.45) is 5.02. The van der Waals surface area contributed by atoms with Crippen LogP contribution in [0.5, 0.6) is 0 Å². The molecule has 1 unspecified atom stereocenters. The predicted molar refractivity (Wildman–Crippen MR) is 133 cm³/mol. The number of carbonyl (C=O) groups is 2. The molecule has 1 saturated heterocycles. The van der Waals surface area contributed by atoms with Crippen LogP contribution >= 0.6 is 0 Å². The van der Waals surface area contributed by atoms with E-state index in [-0.39, 0.29) is 29.0 Å². The molecule has 6 heteroatoms. The Labute approximate surface area is 200 Å². The molecule has 1 aromatic heterocycles. The molecule has 6 nitrogen and oxygen atoms in total. The molecule has 1 fully saturated rings. The molecule has 2 heterocycles. The smallest absolute Gasteiger partial charge is 0.259 e. The Balaban J connectivity index is 1.67. The Bertz CT molecular complexity index is 1200. The summed E-state index contributed by atoms with van der Waals surface area (Å²) in [4.78, 5) is 41.5. The minimum atomic E-state index is -0.519. The monoisotopic (exact) mass is 457 g/mol. The summed E-state index contributed by atoms with van der Waals surface area (Å²) in [6.45, 7) is 5.29. The lowest BCUT2D eigenvalue weighted by Crippen LogP contribution is -2.42. The highest BCUT2D eigenvalue weighted by molar-refractivity contribution is 5.99. The average Bonchev–Trinajstić information content (AvgIpc) is 2.85. The summed E-state index contributed by atoms with van der Waals surface area (Å²) in [5.74, 6) is -0.540. The summed E-state index contributed by atoms with van der Waals surface area (Å²) in [5, 5.41) is 2.79. The molecule has 3 aromatic rings. The van der Waals surface area contributed by atoms with Gasteiger partial charge in [0.25, 0.3) is 11.8 Å². The second-order valence-corrected chi connectivity index (χ2v) is 9.20. The third-order valence-electron chi connectivity index (χ3n) is 6.16. The van der Waals surface area contributed by atoms with Gasteiger partial charge >= 0.3 is 0 Å². The minimum Gasteiger partial charge on any atom is -0.350 e. The first-order valence-corrected chi connectivity index (χ1v) is 11.9. The van der Waals surface area contributed by atoms with Gasteiger partial charge in [-0.25, -0.2) is 0 Å². The summed E-state index contributed by atoms with van der Waals surface area (Å²) in [5.41, 5.74) is 1.73. The van der Waals surface area contributed by atoms with Crippen LogP contribution < -0.4 is 10.7 Å². The molecule has 2 amide bonds. The van der Waals surface area contributed by atoms with Crippen molar-refractivity contribution in [2.75, 3.05) is 13.1 Å². The highest BCUT2D eigenvalue weighted by atomic mass is 16.2. The summed E-state index contributed by atoms with van der Waals surface area (Å²) < 4.78 is 1.76. The lowest BCUT2D eigenvalue weighted by Gasteiger charge is -2.33. The Hall–Kier alpha value is -3.67. The molecule has 0 radical (unpaired) electrons. The van der Waals surface area contributed by atoms with Crippen molar-refractivity contribution in [2.45, 2.75) is 45.2 Å². The average molecular weight is 458 g/mol. The van der Waals surface area contributed by atoms with Crippen LogP contribution in [-0.2, 0) is 6.54 Å². The van der Waals surface area contributed by atoms with Crippen molar-refractivity contribution in [1.29, 1.82) is 0 Å². The van der Waals surface area contributed by atoms with Crippen molar-refractivity contribution < 1.29 is 9.59 Å². The SMILES string of the molecule is CC(C)NC(=O)c1cn(Cc2ccccc2)cc(C(=O)N2CCCC(c3ccccc3)C2)c1=O. The van der Waals surface area contributed by atoms with Gasteiger partial charge in [0, 0.05) is 44.0 Å². The van der Waals surface area contributed by atoms with Crippen molar-refractivity contribution in [3.8, 4) is 0 Å². The van der Waals surface area contributed by atoms with Crippen LogP contribution in [0, 0.1) is 0 Å². The molecule has 1 aliphatic heterocycles. The number of nitrogens with zero attached hydrogens (tertiary/aromatic N) is 2. The molecular weight excluding hydrogens is 426 g/mol. The third-order valence-corrected chi connectivity index (χ3v) is 6.16. The lowest BCUT2D eigenvalue weighted by atomic mass is 9.90. The first-order valence-electron chi connectivity index (χ1n) is 11.9. The fourth-order valence-electron chi connectivity index (χ4n) is 4.50. The van der Waals surface area contributed by atoms with Crippen LogP contribution in [0.2, 0.25) is 0 Å². The molecule has 34 heavy (non-hydrogen) atoms. The molecule has 2 aromatic carbocycles. The first-order chi connectivity index (χ1) is 16.4. The van der Waals surface area contributed by atoms with Crippen LogP contribution in [0.1, 0.15) is 64.4 Å². The van der Waals surface area contributed by atoms with E-state index in [1.807, 2.05) is 62.4 Å². The van der Waals surface area contributed by atoms with Gasteiger partial charge in [0.1, 0.15) is 11.1 Å². The molecular formula is C28H31N3O3. The number of hydrogen-bond acceptors (Lipinski definition) is 3. The van der Waals surface area contributed by atoms with Crippen LogP contribution in [0.15, 0.2) is 77.9 Å². The predicted octanol–water partition coefficient (Wildman–Crippen LogP) is 4.05. The number of benzene rings is 2. The number of amides is 2. The van der Waals surface area contributed by atoms with Crippen molar-refractivity contribution in [1.82, 2.24) is 14.8 Å². The number of aromatic nitrogens is 1. The second kappa shape index (κ2) is 10.5. The maximum atomic E-state index is 13.6. The van der Waals surface area contributed by atoms with Gasteiger partial charge in [0.2, 0.25) is 5.43 Å². The Morgan fingerprint density at radius 2 is 1.62 bits per heavy atom. The van der Waals surface area contributed by atoms with Gasteiger partial charge in [-0.1, -0.05) is 60.7 Å². The van der Waals surface area contributed by atoms with Crippen LogP contribution in [0.4, 0.5) is 0 Å². The normalized spacial score (nSPS) is 15.9. The largest absolute Gasteiger partial charge is 0.350 e. The maximum Gasteiger partial charge on any atom is 0.259 e. The number of nitrogens with one attached hydrogen (secondary N) is 1. The standard InChI is InChI=1S/C28H31N3O3/c1-20(2)29-27(33)24-18-30(16-21-10-5-3-6-11-21)19-25(26(24)32)28(34)31-15-9-14-23(17-31)22-12-7-4-8-13-22/h3-8,10-13,18-20,23H,9,14-17H2,1-2H3,(H,29,33). The van der Waals surface area contributed by atoms with Gasteiger partial charge in [-0.15, -0.1) is 0 Å². The van der Waals surface area contributed by atoms with E-state index in [0.717, 1.165) is 18.4 Å². The van der Waals surface area contributed by atoms with Crippen molar-refractivity contribution in [3.63, 3.8) is 0 Å². The quantitative estimate of drug-likeness (QED) is 0.607. The zero-order valence-electron chi connectivity index (χ0n) is 19.7. The van der Waals surface area contributed by atoms with Gasteiger partial charge < -0.3 is 14.8 Å². The Morgan fingerprint density at radius 3 is 2.29 bits per heavy atom. The zero-order valence-corrected chi connectivity index (χ0v) is 19.7. The molecule has 0 saturated carbocycles. The number of carbonyl (C=O) groups excluding carboxylic acids is 2. The number of piperidine rings is 1. The number of hydrogen-bond donors (Lipinski definition) is 1. The van der Waals surface area contributed by atoms with Crippen LogP contribution in [0.25, 0.3) is 0 Å². The number of pyridine rings is 1. The fraction of sp³-hybridized carbons (Fsp3) is 0.321. The van der Waals surface area contributed by atoms with E-state index in [9.17, 15) is 14.4 Å². The van der Waals surface area contributed by atoms with Gasteiger partial charge in [-0.2, -0.15) is 0 Å². The fourth-order valence-corrected chi connectivity index (χ4v) is 4.50. The number of likely N-dealkylation sites (tertiary alicyclic amines) is 1. The van der Waals surface area contributed by atoms with E-state index < -0.39 is 11.3 Å². The zero-order chi connectivity index (χ0) is 24.1. The molecule has 1 aliphatic rings. The van der Waals surface area contributed by atoms with Gasteiger partial charge in [-0.05, 0) is 37.8 Å². The van der Waals surface area contributed by atoms with Gasteiger partial charge in [0.15, 0.2) is 0 Å². The molecule has 1 N–H and O–H groups in total. The lowest BCUT2D eigenvalue weighted by molar-refractivity contribution is 0.0705. The second-order valence-electron chi connectivity index (χ2n) is 9.20. The van der Waals surface area contributed by atoms with Crippen LogP contribution in [-0.4, -0.2) is 40.4 Å². The summed E-state index contributed by atoms with van der Waals surface area (Å²) >= 11 is 0. The highest BCUT2D eigenvalue weighted by Crippen LogP contribution is 2.27. The minimum absolute atomic E-state index is 0.00731. The van der Waals surface area contributed by atoms with E-state index >= 15 is 0 Å². The summed E-state index contributed by atoms with van der Waals surface area (Å²) in [6, 6.07) is 19.8. The van der Waals surface area contributed by atoms with E-state index in [4.69, 9.17) is 0 Å². The molecule has 0 bridgehead atoms. The molecule has 176 valence electrons. The van der Waals surface area contributed by atoms with Gasteiger partial charge in [0.05, 0.1) is 0 Å². The molecule has 1 atom stereocenters. The van der Waals surface area contributed by atoms with Crippen LogP contribution in [0.3, 0.4) is 0 Å². The highest BCUT2D eigenvalue weighted by Gasteiger charge is 2.28. The third kappa shape index (κ3) is 5.45. The molecule has 4 rings (SSSR count). The van der Waals surface area contributed by atoms with E-state index in [1.165, 1.54) is 5.56 Å². The van der Waals surface area contributed by atoms with Crippen molar-refractivity contribution in [3.05, 3.63) is 106 Å². The van der Waals surface area contributed by atoms with Crippen molar-refractivity contribution in [2.24, 2.45) is 0 Å². The number of rotatable bonds is 6. The first kappa shape index (κ1) is 23.5. The van der Waals surface area contributed by atoms with E-state index in [0.29, 0.717) is 19.6 Å². The Kier molecular flexibility index (Phi) is 7.26. The van der Waals surface area contributed by atoms with E-state index in [2.05, 4.69) is 17.4 Å². The Morgan fingerprint density at radius 1 is 0.971 bits per heavy atom. The topological polar surface area (TPSA) is 71.4 Å². The molecule has 0 aliphatic carbocycles. The summed E-state index contributed by atoms with van der Waals surface area (Å²) in [7, 11) is 0. The van der Waals surface area contributed by atoms with E-state index in [1.54, 1.807) is 21.9 Å². The van der Waals surface area contributed by atoms with Crippen molar-refractivity contribution >= 4 is 11.8 Å².